The van der Waals surface area contributed by atoms with Crippen LogP contribution in [0.3, 0.4) is 0 Å². The lowest BCUT2D eigenvalue weighted by Crippen LogP contribution is -2.71. The number of hydrogen-bond acceptors (Lipinski definition) is 30. The van der Waals surface area contributed by atoms with Crippen LogP contribution in [-0.2, 0) is 52.1 Å². The van der Waals surface area contributed by atoms with Crippen molar-refractivity contribution in [3.8, 4) is 11.5 Å². The minimum atomic E-state index is -2.22. The molecule has 82 heavy (non-hydrogen) atoms. The van der Waals surface area contributed by atoms with Gasteiger partial charge in [-0.1, -0.05) is 12.1 Å². The van der Waals surface area contributed by atoms with Crippen molar-refractivity contribution in [2.45, 2.75) is 205 Å². The summed E-state index contributed by atoms with van der Waals surface area (Å²) in [5, 5.41) is 165. The van der Waals surface area contributed by atoms with Crippen molar-refractivity contribution in [2.75, 3.05) is 26.9 Å². The Morgan fingerprint density at radius 2 is 0.780 bits per heavy atom. The summed E-state index contributed by atoms with van der Waals surface area (Å²) >= 11 is 0. The van der Waals surface area contributed by atoms with Gasteiger partial charge >= 0.3 is 0 Å². The summed E-state index contributed by atoms with van der Waals surface area (Å²) in [4.78, 5) is 29.9. The maximum atomic E-state index is 14.6. The molecule has 0 unspecified atom stereocenters. The minimum Gasteiger partial charge on any atom is -0.497 e. The molecule has 7 heterocycles. The number of nitrogens with zero attached hydrogens (tertiary/aromatic N) is 1. The van der Waals surface area contributed by atoms with Crippen LogP contribution in [0.15, 0.2) is 48.5 Å². The Balaban J connectivity index is 1.04. The van der Waals surface area contributed by atoms with Crippen molar-refractivity contribution in [2.24, 2.45) is 0 Å². The Morgan fingerprint density at radius 3 is 1.26 bits per heavy atom. The summed E-state index contributed by atoms with van der Waals surface area (Å²) in [5.74, 6) is -1.40. The van der Waals surface area contributed by atoms with Crippen LogP contribution in [0.5, 0.6) is 11.5 Å². The van der Waals surface area contributed by atoms with Crippen LogP contribution in [0, 0.1) is 0 Å². The zero-order valence-electron chi connectivity index (χ0n) is 44.3. The summed E-state index contributed by atoms with van der Waals surface area (Å²) in [6.45, 7) is 1.22. The highest BCUT2D eigenvalue weighted by molar-refractivity contribution is 6.21. The first-order chi connectivity index (χ1) is 39.0. The molecule has 31 heteroatoms. The second-order valence-corrected chi connectivity index (χ2v) is 21.0. The third-order valence-electron chi connectivity index (χ3n) is 15.7. The van der Waals surface area contributed by atoms with Crippen LogP contribution < -0.4 is 9.47 Å². The molecule has 460 valence electrons. The van der Waals surface area contributed by atoms with Gasteiger partial charge in [-0.2, -0.15) is 0 Å². The first kappa shape index (κ1) is 62.7. The SMILES string of the molecule is COc1ccc(O[C@@H]2O[C@H](CO)[C@@H](O[C@H]3O[C@H](CO)[C@@H](O)[C@H](O)[C@H]3O)[C@H](O[C@H]3O[C@@H](C)[C@H](O)[C@@H](O[C@H]4O[C@@H](C)[C@H](O)[C@@H](O)[C@H]4O[C@H]4O[C@@H](C)[C@H](O)[C@@H](O[C@H]5O[C@H](CO)[C@@H](O)[C@H](O)[C@H]5O)[C@H]4O)[C@H]3O)[C@H]2N2C(=O)c3ccccc3C2=O)cc1. The van der Waals surface area contributed by atoms with Gasteiger partial charge in [-0.05, 0) is 57.2 Å². The van der Waals surface area contributed by atoms with Crippen molar-refractivity contribution in [1.82, 2.24) is 4.90 Å². The number of imide groups is 1. The van der Waals surface area contributed by atoms with E-state index >= 15 is 0 Å². The molecule has 31 nitrogen and oxygen atoms in total. The zero-order valence-corrected chi connectivity index (χ0v) is 44.3. The first-order valence-electron chi connectivity index (χ1n) is 26.5. The Labute approximate surface area is 466 Å². The van der Waals surface area contributed by atoms with Crippen LogP contribution in [0.2, 0.25) is 0 Å². The number of methoxy groups -OCH3 is 1. The molecule has 0 radical (unpaired) electrons. The summed E-state index contributed by atoms with van der Waals surface area (Å²) in [7, 11) is 1.41. The van der Waals surface area contributed by atoms with Gasteiger partial charge in [-0.3, -0.25) is 14.5 Å². The molecule has 7 aliphatic rings. The Bertz CT molecular complexity index is 2410. The lowest BCUT2D eigenvalue weighted by atomic mass is 9.93. The number of rotatable bonds is 17. The number of carbonyl (C=O) groups excluding carboxylic acids is 2. The van der Waals surface area contributed by atoms with Crippen molar-refractivity contribution < 1.29 is 148 Å². The van der Waals surface area contributed by atoms with Gasteiger partial charge in [-0.15, -0.1) is 0 Å². The maximum absolute atomic E-state index is 14.6. The van der Waals surface area contributed by atoms with E-state index in [1.54, 1.807) is 0 Å². The van der Waals surface area contributed by atoms with Crippen molar-refractivity contribution in [3.05, 3.63) is 59.7 Å². The van der Waals surface area contributed by atoms with Gasteiger partial charge < -0.3 is 138 Å². The molecule has 2 aromatic rings. The van der Waals surface area contributed by atoms with Gasteiger partial charge in [0.15, 0.2) is 31.5 Å². The predicted octanol–water partition coefficient (Wildman–Crippen LogP) is -7.62. The number of aliphatic hydroxyl groups excluding tert-OH is 15. The quantitative estimate of drug-likeness (QED) is 0.0654. The van der Waals surface area contributed by atoms with E-state index in [0.717, 1.165) is 4.90 Å². The molecule has 6 saturated heterocycles. The van der Waals surface area contributed by atoms with Gasteiger partial charge in [0.05, 0.1) is 56.4 Å². The number of amides is 2. The molecule has 15 N–H and O–H groups in total. The summed E-state index contributed by atoms with van der Waals surface area (Å²) in [5.41, 5.74) is -0.160. The van der Waals surface area contributed by atoms with Crippen LogP contribution in [0.1, 0.15) is 41.5 Å². The lowest BCUT2D eigenvalue weighted by molar-refractivity contribution is -0.399. The van der Waals surface area contributed by atoms with Crippen molar-refractivity contribution in [3.63, 3.8) is 0 Å². The Hall–Kier alpha value is -3.86. The Morgan fingerprint density at radius 1 is 0.390 bits per heavy atom. The Kier molecular flexibility index (Phi) is 19.9. The molecule has 2 aromatic carbocycles. The third-order valence-corrected chi connectivity index (χ3v) is 15.7. The topological polar surface area (TPSA) is 461 Å². The standard InChI is InChI=1S/C51H71NO30/c1-16-27(56)34(63)43(82-50-37(66)41(28(57)17(2)72-50)80-48-36(65)33(62)31(60)24(14-54)76-48)51(73-16)81-42-29(58)18(3)71-49(38(42)67)79-40-26(52-44(68)21-7-5-6-8-22(21)45(52)69)46(74-20-11-9-19(70-4)10-12-20)77-25(15-55)39(40)78-47-35(64)32(61)30(59)23(13-53)75-47/h5-12,16-18,23-43,46-51,53-67H,13-15H2,1-4H3/t16-,17-,18-,23+,24+,25+,26+,27-,28-,29-,30+,31+,32-,33-,34+,35+,36+,37+,38+,39+,40+,41+,42+,43+,46+,47+,48+,49+,50+,51+/m0/s1. The molecular weight excluding hydrogens is 1110 g/mol. The average Bonchev–Trinajstić information content (AvgIpc) is 3.95. The highest BCUT2D eigenvalue weighted by atomic mass is 16.8. The average molecular weight is 1180 g/mol. The van der Waals surface area contributed by atoms with E-state index in [1.807, 2.05) is 0 Å². The monoisotopic (exact) mass is 1180 g/mol. The molecule has 0 saturated carbocycles. The van der Waals surface area contributed by atoms with Crippen LogP contribution in [0.4, 0.5) is 0 Å². The van der Waals surface area contributed by atoms with E-state index in [1.165, 1.54) is 76.4 Å². The van der Waals surface area contributed by atoms with Crippen molar-refractivity contribution in [1.29, 1.82) is 0 Å². The second kappa shape index (κ2) is 26.0. The van der Waals surface area contributed by atoms with Gasteiger partial charge in [-0.25, -0.2) is 0 Å². The summed E-state index contributed by atoms with van der Waals surface area (Å²) in [6.07, 6.45) is -53.1. The molecule has 7 aliphatic heterocycles. The smallest absolute Gasteiger partial charge is 0.262 e. The fourth-order valence-electron chi connectivity index (χ4n) is 10.9. The molecule has 2 amide bonds. The van der Waals surface area contributed by atoms with E-state index < -0.39 is 216 Å². The summed E-state index contributed by atoms with van der Waals surface area (Å²) < 4.78 is 77.7. The molecule has 0 aromatic heterocycles. The second-order valence-electron chi connectivity index (χ2n) is 21.0. The number of hydrogen-bond donors (Lipinski definition) is 15. The highest BCUT2D eigenvalue weighted by Crippen LogP contribution is 2.41. The zero-order chi connectivity index (χ0) is 59.3. The van der Waals surface area contributed by atoms with E-state index in [-0.39, 0.29) is 16.9 Å². The number of benzene rings is 2. The number of fused-ring (bicyclic) bond motifs is 1. The maximum Gasteiger partial charge on any atom is 0.262 e. The highest BCUT2D eigenvalue weighted by Gasteiger charge is 2.61. The lowest BCUT2D eigenvalue weighted by Gasteiger charge is -2.52. The number of ether oxygens (including phenoxy) is 13. The molecule has 0 bridgehead atoms. The van der Waals surface area contributed by atoms with Crippen LogP contribution in [-0.4, -0.2) is 304 Å². The van der Waals surface area contributed by atoms with E-state index in [0.29, 0.717) is 5.75 Å². The minimum absolute atomic E-state index is 0.0507. The number of carbonyl (C=O) groups is 2. The fraction of sp³-hybridized carbons (Fsp3) is 0.725. The van der Waals surface area contributed by atoms with Crippen LogP contribution in [0.25, 0.3) is 0 Å². The molecule has 9 rings (SSSR count). The number of aliphatic hydroxyl groups is 15. The molecule has 0 aliphatic carbocycles. The largest absolute Gasteiger partial charge is 0.497 e. The fourth-order valence-corrected chi connectivity index (χ4v) is 10.9. The molecule has 0 spiro atoms. The van der Waals surface area contributed by atoms with Gasteiger partial charge in [0.25, 0.3) is 11.8 Å². The summed E-state index contributed by atoms with van der Waals surface area (Å²) in [6, 6.07) is 9.79. The molecule has 6 fully saturated rings. The molecule has 30 atom stereocenters. The molecular formula is C51H71NO30. The van der Waals surface area contributed by atoms with E-state index in [9.17, 15) is 86.2 Å². The van der Waals surface area contributed by atoms with Crippen molar-refractivity contribution >= 4 is 11.8 Å². The van der Waals surface area contributed by atoms with E-state index in [2.05, 4.69) is 0 Å². The van der Waals surface area contributed by atoms with E-state index in [4.69, 9.17) is 61.6 Å². The predicted molar refractivity (Wildman–Crippen MR) is 261 cm³/mol. The van der Waals surface area contributed by atoms with Gasteiger partial charge in [0.1, 0.15) is 140 Å². The van der Waals surface area contributed by atoms with Gasteiger partial charge in [0, 0.05) is 0 Å². The first-order valence-corrected chi connectivity index (χ1v) is 26.5. The normalized spacial score (nSPS) is 46.4. The van der Waals surface area contributed by atoms with Gasteiger partial charge in [0.2, 0.25) is 6.29 Å². The van der Waals surface area contributed by atoms with Crippen LogP contribution >= 0.6 is 0 Å². The third kappa shape index (κ3) is 12.0.